The van der Waals surface area contributed by atoms with Gasteiger partial charge in [-0.1, -0.05) is 12.1 Å². The maximum absolute atomic E-state index is 5.76. The molecule has 1 aromatic carbocycles. The van der Waals surface area contributed by atoms with E-state index in [2.05, 4.69) is 10.1 Å². The summed E-state index contributed by atoms with van der Waals surface area (Å²) >= 11 is 0. The van der Waals surface area contributed by atoms with E-state index in [9.17, 15) is 0 Å². The van der Waals surface area contributed by atoms with Gasteiger partial charge in [0.05, 0.1) is 0 Å². The number of nitrogen functional groups attached to an aromatic ring is 2. The molecule has 0 bridgehead atoms. The lowest BCUT2D eigenvalue weighted by atomic mass is 10.1. The first kappa shape index (κ1) is 9.65. The number of anilines is 2. The van der Waals surface area contributed by atoms with E-state index in [0.29, 0.717) is 0 Å². The van der Waals surface area contributed by atoms with Crippen LogP contribution < -0.4 is 11.5 Å². The topological polar surface area (TPSA) is 82.2 Å². The Kier molecular flexibility index (Phi) is 1.98. The van der Waals surface area contributed by atoms with E-state index in [1.807, 2.05) is 42.6 Å². The Morgan fingerprint density at radius 1 is 1.00 bits per heavy atom. The molecule has 0 radical (unpaired) electrons. The van der Waals surface area contributed by atoms with Crippen molar-refractivity contribution in [1.29, 1.82) is 0 Å². The molecule has 0 fully saturated rings. The van der Waals surface area contributed by atoms with Crippen molar-refractivity contribution < 1.29 is 0 Å². The van der Waals surface area contributed by atoms with Gasteiger partial charge in [-0.15, -0.1) is 5.10 Å². The van der Waals surface area contributed by atoms with Gasteiger partial charge in [-0.25, -0.2) is 4.52 Å². The monoisotopic (exact) mass is 225 g/mol. The molecule has 5 nitrogen and oxygen atoms in total. The van der Waals surface area contributed by atoms with Crippen LogP contribution in [-0.2, 0) is 0 Å². The van der Waals surface area contributed by atoms with Crippen molar-refractivity contribution in [3.05, 3.63) is 42.6 Å². The molecule has 0 atom stereocenters. The highest BCUT2D eigenvalue weighted by Gasteiger charge is 2.03. The SMILES string of the molecule is Nc1cccc(-c2ccn3nc(N)nc3c2)c1. The zero-order valence-electron chi connectivity index (χ0n) is 9.04. The Bertz CT molecular complexity index is 686. The molecule has 17 heavy (non-hydrogen) atoms. The first-order valence-electron chi connectivity index (χ1n) is 5.20. The van der Waals surface area contributed by atoms with Crippen molar-refractivity contribution in [2.75, 3.05) is 11.5 Å². The number of nitrogens with zero attached hydrogens (tertiary/aromatic N) is 3. The van der Waals surface area contributed by atoms with Gasteiger partial charge in [0, 0.05) is 11.9 Å². The number of hydrogen-bond acceptors (Lipinski definition) is 4. The van der Waals surface area contributed by atoms with Gasteiger partial charge in [0.25, 0.3) is 0 Å². The molecule has 84 valence electrons. The van der Waals surface area contributed by atoms with Gasteiger partial charge in [-0.3, -0.25) is 0 Å². The summed E-state index contributed by atoms with van der Waals surface area (Å²) in [5.74, 6) is 0.273. The predicted molar refractivity (Wildman–Crippen MR) is 67.2 cm³/mol. The first-order valence-corrected chi connectivity index (χ1v) is 5.20. The molecule has 5 heteroatoms. The van der Waals surface area contributed by atoms with Crippen LogP contribution in [0.25, 0.3) is 16.8 Å². The molecule has 3 aromatic rings. The number of rotatable bonds is 1. The highest BCUT2D eigenvalue weighted by atomic mass is 15.3. The summed E-state index contributed by atoms with van der Waals surface area (Å²) in [7, 11) is 0. The number of fused-ring (bicyclic) bond motifs is 1. The molecule has 0 unspecified atom stereocenters. The number of benzene rings is 1. The summed E-state index contributed by atoms with van der Waals surface area (Å²) in [6.45, 7) is 0. The minimum absolute atomic E-state index is 0.273. The molecule has 0 saturated heterocycles. The van der Waals surface area contributed by atoms with Crippen molar-refractivity contribution >= 4 is 17.3 Å². The van der Waals surface area contributed by atoms with Crippen LogP contribution in [0.4, 0.5) is 11.6 Å². The maximum Gasteiger partial charge on any atom is 0.240 e. The van der Waals surface area contributed by atoms with Crippen LogP contribution in [-0.4, -0.2) is 14.6 Å². The van der Waals surface area contributed by atoms with Crippen molar-refractivity contribution in [3.8, 4) is 11.1 Å². The predicted octanol–water partition coefficient (Wildman–Crippen LogP) is 1.56. The van der Waals surface area contributed by atoms with E-state index in [-0.39, 0.29) is 5.95 Å². The Balaban J connectivity index is 2.17. The molecule has 3 rings (SSSR count). The Morgan fingerprint density at radius 2 is 1.82 bits per heavy atom. The minimum atomic E-state index is 0.273. The van der Waals surface area contributed by atoms with Gasteiger partial charge in [0.15, 0.2) is 5.65 Å². The van der Waals surface area contributed by atoms with Crippen LogP contribution in [0.3, 0.4) is 0 Å². The summed E-state index contributed by atoms with van der Waals surface area (Å²) in [4.78, 5) is 4.12. The lowest BCUT2D eigenvalue weighted by molar-refractivity contribution is 0.968. The average molecular weight is 225 g/mol. The third-order valence-electron chi connectivity index (χ3n) is 2.57. The van der Waals surface area contributed by atoms with E-state index in [0.717, 1.165) is 22.5 Å². The van der Waals surface area contributed by atoms with Crippen LogP contribution >= 0.6 is 0 Å². The summed E-state index contributed by atoms with van der Waals surface area (Å²) in [5, 5.41) is 4.02. The second-order valence-electron chi connectivity index (χ2n) is 3.81. The van der Waals surface area contributed by atoms with Gasteiger partial charge in [-0.05, 0) is 35.4 Å². The lowest BCUT2D eigenvalue weighted by Gasteiger charge is -2.02. The number of hydrogen-bond donors (Lipinski definition) is 2. The summed E-state index contributed by atoms with van der Waals surface area (Å²) in [6.07, 6.45) is 1.83. The molecular formula is C12H11N5. The van der Waals surface area contributed by atoms with Crippen LogP contribution in [0, 0.1) is 0 Å². The third kappa shape index (κ3) is 1.67. The van der Waals surface area contributed by atoms with Crippen molar-refractivity contribution in [2.24, 2.45) is 0 Å². The van der Waals surface area contributed by atoms with Crippen molar-refractivity contribution in [2.45, 2.75) is 0 Å². The van der Waals surface area contributed by atoms with Crippen molar-refractivity contribution in [1.82, 2.24) is 14.6 Å². The highest BCUT2D eigenvalue weighted by molar-refractivity contribution is 5.70. The van der Waals surface area contributed by atoms with E-state index in [4.69, 9.17) is 11.5 Å². The number of aromatic nitrogens is 3. The Hall–Kier alpha value is -2.56. The largest absolute Gasteiger partial charge is 0.399 e. The molecule has 2 aromatic heterocycles. The molecule has 0 aliphatic rings. The van der Waals surface area contributed by atoms with E-state index < -0.39 is 0 Å². The molecule has 0 aliphatic heterocycles. The van der Waals surface area contributed by atoms with Gasteiger partial charge in [-0.2, -0.15) is 4.98 Å². The van der Waals surface area contributed by atoms with Gasteiger partial charge in [0.2, 0.25) is 5.95 Å². The quantitative estimate of drug-likeness (QED) is 0.616. The lowest BCUT2D eigenvalue weighted by Crippen LogP contribution is -1.89. The molecule has 2 heterocycles. The summed E-state index contributed by atoms with van der Waals surface area (Å²) < 4.78 is 1.64. The Morgan fingerprint density at radius 3 is 2.65 bits per heavy atom. The van der Waals surface area contributed by atoms with Crippen molar-refractivity contribution in [3.63, 3.8) is 0 Å². The van der Waals surface area contributed by atoms with Gasteiger partial charge < -0.3 is 11.5 Å². The second-order valence-corrected chi connectivity index (χ2v) is 3.81. The number of nitrogens with two attached hydrogens (primary N) is 2. The van der Waals surface area contributed by atoms with Crippen LogP contribution in [0.5, 0.6) is 0 Å². The molecular weight excluding hydrogens is 214 g/mol. The Labute approximate surface area is 97.7 Å². The van der Waals surface area contributed by atoms with Crippen LogP contribution in [0.2, 0.25) is 0 Å². The highest BCUT2D eigenvalue weighted by Crippen LogP contribution is 2.22. The minimum Gasteiger partial charge on any atom is -0.399 e. The first-order chi connectivity index (χ1) is 8.22. The molecule has 4 N–H and O–H groups in total. The molecule has 0 spiro atoms. The van der Waals surface area contributed by atoms with Crippen LogP contribution in [0.1, 0.15) is 0 Å². The standard InChI is InChI=1S/C12H11N5/c13-10-3-1-2-8(6-10)9-4-5-17-11(7-9)15-12(14)16-17/h1-7H,13H2,(H2,14,16). The smallest absolute Gasteiger partial charge is 0.240 e. The third-order valence-corrected chi connectivity index (χ3v) is 2.57. The normalized spacial score (nSPS) is 10.8. The zero-order valence-corrected chi connectivity index (χ0v) is 9.04. The molecule has 0 aliphatic carbocycles. The van der Waals surface area contributed by atoms with Gasteiger partial charge >= 0.3 is 0 Å². The maximum atomic E-state index is 5.76. The summed E-state index contributed by atoms with van der Waals surface area (Å²) in [6, 6.07) is 11.6. The second kappa shape index (κ2) is 3.48. The van der Waals surface area contributed by atoms with E-state index in [1.54, 1.807) is 4.52 Å². The van der Waals surface area contributed by atoms with E-state index in [1.165, 1.54) is 0 Å². The van der Waals surface area contributed by atoms with Gasteiger partial charge in [0.1, 0.15) is 0 Å². The van der Waals surface area contributed by atoms with E-state index >= 15 is 0 Å². The molecule has 0 saturated carbocycles. The number of pyridine rings is 1. The zero-order chi connectivity index (χ0) is 11.8. The fourth-order valence-corrected chi connectivity index (χ4v) is 1.80. The average Bonchev–Trinajstić information content (AvgIpc) is 2.68. The fraction of sp³-hybridized carbons (Fsp3) is 0. The summed E-state index contributed by atoms with van der Waals surface area (Å²) in [5.41, 5.74) is 14.9. The molecule has 0 amide bonds. The van der Waals surface area contributed by atoms with Crippen LogP contribution in [0.15, 0.2) is 42.6 Å². The fourth-order valence-electron chi connectivity index (χ4n) is 1.80.